The lowest BCUT2D eigenvalue weighted by Crippen LogP contribution is -2.09. The lowest BCUT2D eigenvalue weighted by Gasteiger charge is -2.20. The van der Waals surface area contributed by atoms with E-state index in [4.69, 9.17) is 0 Å². The fourth-order valence-electron chi connectivity index (χ4n) is 3.07. The smallest absolute Gasteiger partial charge is 0.191 e. The summed E-state index contributed by atoms with van der Waals surface area (Å²) in [5.74, 6) is 2.99. The highest BCUT2D eigenvalue weighted by Gasteiger charge is 2.18. The van der Waals surface area contributed by atoms with Crippen LogP contribution in [0.25, 0.3) is 11.4 Å². The highest BCUT2D eigenvalue weighted by molar-refractivity contribution is 9.10. The van der Waals surface area contributed by atoms with E-state index in [-0.39, 0.29) is 0 Å². The van der Waals surface area contributed by atoms with Crippen LogP contribution in [0.4, 0.5) is 0 Å². The van der Waals surface area contributed by atoms with E-state index in [0.717, 1.165) is 33.5 Å². The Bertz CT molecular complexity index is 620. The SMILES string of the molecule is CCn1c(SCC2CCCCC2)nnc1-c1ccccc1Br. The molecular formula is C17H22BrN3S. The Kier molecular flexibility index (Phi) is 5.58. The molecule has 1 aliphatic carbocycles. The number of hydrogen-bond acceptors (Lipinski definition) is 3. The molecule has 2 aromatic rings. The Morgan fingerprint density at radius 3 is 2.68 bits per heavy atom. The van der Waals surface area contributed by atoms with Gasteiger partial charge in [0, 0.05) is 22.3 Å². The monoisotopic (exact) mass is 379 g/mol. The zero-order valence-corrected chi connectivity index (χ0v) is 15.4. The third-order valence-corrected chi connectivity index (χ3v) is 6.21. The highest BCUT2D eigenvalue weighted by atomic mass is 79.9. The van der Waals surface area contributed by atoms with Crippen LogP contribution in [-0.4, -0.2) is 20.5 Å². The van der Waals surface area contributed by atoms with Gasteiger partial charge in [0.2, 0.25) is 0 Å². The summed E-state index contributed by atoms with van der Waals surface area (Å²) >= 11 is 5.49. The molecular weight excluding hydrogens is 358 g/mol. The molecule has 0 atom stereocenters. The molecule has 22 heavy (non-hydrogen) atoms. The predicted molar refractivity (Wildman–Crippen MR) is 96.1 cm³/mol. The molecule has 0 saturated heterocycles. The van der Waals surface area contributed by atoms with Gasteiger partial charge < -0.3 is 4.57 Å². The number of thioether (sulfide) groups is 1. The van der Waals surface area contributed by atoms with Crippen molar-refractivity contribution >= 4 is 27.7 Å². The zero-order valence-electron chi connectivity index (χ0n) is 13.0. The minimum absolute atomic E-state index is 0.854. The quantitative estimate of drug-likeness (QED) is 0.651. The van der Waals surface area contributed by atoms with E-state index in [1.54, 1.807) is 0 Å². The summed E-state index contributed by atoms with van der Waals surface area (Å²) in [6, 6.07) is 8.22. The first-order chi connectivity index (χ1) is 10.8. The van der Waals surface area contributed by atoms with Crippen LogP contribution in [0, 0.1) is 5.92 Å². The van der Waals surface area contributed by atoms with Crippen molar-refractivity contribution in [3.8, 4) is 11.4 Å². The third-order valence-electron chi connectivity index (χ3n) is 4.32. The van der Waals surface area contributed by atoms with Crippen molar-refractivity contribution in [2.75, 3.05) is 5.75 Å². The first kappa shape index (κ1) is 16.1. The van der Waals surface area contributed by atoms with Gasteiger partial charge in [-0.15, -0.1) is 10.2 Å². The van der Waals surface area contributed by atoms with E-state index in [0.29, 0.717) is 0 Å². The van der Waals surface area contributed by atoms with Gasteiger partial charge in [-0.3, -0.25) is 0 Å². The molecule has 0 unspecified atom stereocenters. The summed E-state index contributed by atoms with van der Waals surface area (Å²) in [5.41, 5.74) is 1.11. The number of aromatic nitrogens is 3. The predicted octanol–water partition coefficient (Wildman–Crippen LogP) is 5.40. The second kappa shape index (κ2) is 7.64. The Labute approximate surface area is 145 Å². The molecule has 1 heterocycles. The fraction of sp³-hybridized carbons (Fsp3) is 0.529. The molecule has 0 spiro atoms. The second-order valence-electron chi connectivity index (χ2n) is 5.85. The van der Waals surface area contributed by atoms with Crippen LogP contribution < -0.4 is 0 Å². The minimum Gasteiger partial charge on any atom is -0.302 e. The van der Waals surface area contributed by atoms with Gasteiger partial charge in [0.15, 0.2) is 11.0 Å². The molecule has 1 fully saturated rings. The van der Waals surface area contributed by atoms with Crippen molar-refractivity contribution in [1.29, 1.82) is 0 Å². The molecule has 5 heteroatoms. The van der Waals surface area contributed by atoms with Crippen LogP contribution in [0.2, 0.25) is 0 Å². The van der Waals surface area contributed by atoms with Crippen molar-refractivity contribution in [3.63, 3.8) is 0 Å². The first-order valence-electron chi connectivity index (χ1n) is 8.10. The summed E-state index contributed by atoms with van der Waals surface area (Å²) in [7, 11) is 0. The summed E-state index contributed by atoms with van der Waals surface area (Å²) in [4.78, 5) is 0. The Morgan fingerprint density at radius 1 is 1.18 bits per heavy atom. The minimum atomic E-state index is 0.854. The summed E-state index contributed by atoms with van der Waals surface area (Å²) < 4.78 is 3.30. The van der Waals surface area contributed by atoms with Gasteiger partial charge in [-0.2, -0.15) is 0 Å². The molecule has 0 N–H and O–H groups in total. The summed E-state index contributed by atoms with van der Waals surface area (Å²) in [6.45, 7) is 3.06. The fourth-order valence-corrected chi connectivity index (χ4v) is 4.72. The molecule has 1 saturated carbocycles. The maximum absolute atomic E-state index is 4.44. The standard InChI is InChI=1S/C17H22BrN3S/c1-2-21-16(14-10-6-7-11-15(14)18)19-20-17(21)22-12-13-8-4-3-5-9-13/h6-7,10-11,13H,2-5,8-9,12H2,1H3. The van der Waals surface area contributed by atoms with E-state index in [1.807, 2.05) is 23.9 Å². The van der Waals surface area contributed by atoms with Gasteiger partial charge in [-0.05, 0) is 31.7 Å². The van der Waals surface area contributed by atoms with E-state index < -0.39 is 0 Å². The Morgan fingerprint density at radius 2 is 1.95 bits per heavy atom. The van der Waals surface area contributed by atoms with Crippen molar-refractivity contribution in [2.45, 2.75) is 50.7 Å². The van der Waals surface area contributed by atoms with Crippen molar-refractivity contribution in [2.24, 2.45) is 5.92 Å². The maximum Gasteiger partial charge on any atom is 0.191 e. The molecule has 0 bridgehead atoms. The Balaban J connectivity index is 1.77. The average Bonchev–Trinajstić information content (AvgIpc) is 2.97. The van der Waals surface area contributed by atoms with E-state index in [1.165, 1.54) is 37.9 Å². The number of nitrogens with zero attached hydrogens (tertiary/aromatic N) is 3. The van der Waals surface area contributed by atoms with Crippen LogP contribution in [0.3, 0.4) is 0 Å². The molecule has 3 rings (SSSR count). The number of benzene rings is 1. The van der Waals surface area contributed by atoms with Gasteiger partial charge in [-0.1, -0.05) is 65.2 Å². The highest BCUT2D eigenvalue weighted by Crippen LogP contribution is 2.32. The average molecular weight is 380 g/mol. The first-order valence-corrected chi connectivity index (χ1v) is 9.88. The molecule has 118 valence electrons. The van der Waals surface area contributed by atoms with Gasteiger partial charge in [0.1, 0.15) is 0 Å². The number of hydrogen-bond donors (Lipinski definition) is 0. The zero-order chi connectivity index (χ0) is 15.4. The molecule has 1 aliphatic rings. The van der Waals surface area contributed by atoms with Gasteiger partial charge in [0.05, 0.1) is 0 Å². The molecule has 0 amide bonds. The van der Waals surface area contributed by atoms with Crippen LogP contribution in [0.15, 0.2) is 33.9 Å². The molecule has 3 nitrogen and oxygen atoms in total. The Hall–Kier alpha value is -0.810. The lowest BCUT2D eigenvalue weighted by molar-refractivity contribution is 0.390. The van der Waals surface area contributed by atoms with E-state index >= 15 is 0 Å². The van der Waals surface area contributed by atoms with Crippen LogP contribution in [-0.2, 0) is 6.54 Å². The molecule has 1 aromatic carbocycles. The lowest BCUT2D eigenvalue weighted by atomic mass is 9.91. The van der Waals surface area contributed by atoms with Gasteiger partial charge >= 0.3 is 0 Å². The van der Waals surface area contributed by atoms with E-state index in [2.05, 4.69) is 49.8 Å². The largest absolute Gasteiger partial charge is 0.302 e. The van der Waals surface area contributed by atoms with Crippen LogP contribution >= 0.6 is 27.7 Å². The van der Waals surface area contributed by atoms with E-state index in [9.17, 15) is 0 Å². The second-order valence-corrected chi connectivity index (χ2v) is 7.69. The van der Waals surface area contributed by atoms with Gasteiger partial charge in [-0.25, -0.2) is 0 Å². The number of rotatable bonds is 5. The summed E-state index contributed by atoms with van der Waals surface area (Å²) in [6.07, 6.45) is 6.97. The number of halogens is 1. The van der Waals surface area contributed by atoms with Gasteiger partial charge in [0.25, 0.3) is 0 Å². The van der Waals surface area contributed by atoms with Crippen LogP contribution in [0.1, 0.15) is 39.0 Å². The normalized spacial score (nSPS) is 16.1. The van der Waals surface area contributed by atoms with Crippen molar-refractivity contribution in [3.05, 3.63) is 28.7 Å². The third kappa shape index (κ3) is 3.57. The topological polar surface area (TPSA) is 30.7 Å². The molecule has 0 aliphatic heterocycles. The molecule has 1 aromatic heterocycles. The van der Waals surface area contributed by atoms with Crippen molar-refractivity contribution < 1.29 is 0 Å². The van der Waals surface area contributed by atoms with Crippen molar-refractivity contribution in [1.82, 2.24) is 14.8 Å². The molecule has 0 radical (unpaired) electrons. The maximum atomic E-state index is 4.44. The van der Waals surface area contributed by atoms with Crippen LogP contribution in [0.5, 0.6) is 0 Å². The summed E-state index contributed by atoms with van der Waals surface area (Å²) in [5, 5.41) is 9.94.